The fourth-order valence-electron chi connectivity index (χ4n) is 0.964. The van der Waals surface area contributed by atoms with Crippen LogP contribution in [0, 0.1) is 0 Å². The zero-order chi connectivity index (χ0) is 9.84. The predicted molar refractivity (Wildman–Crippen MR) is 47.3 cm³/mol. The van der Waals surface area contributed by atoms with Gasteiger partial charge in [-0.3, -0.25) is 4.79 Å². The molecule has 0 aliphatic heterocycles. The van der Waals surface area contributed by atoms with Crippen molar-refractivity contribution < 1.29 is 14.3 Å². The first-order chi connectivity index (χ1) is 6.19. The number of hydrogen-bond donors (Lipinski definition) is 0. The molecule has 0 radical (unpaired) electrons. The Labute approximate surface area is 76.5 Å². The highest BCUT2D eigenvalue weighted by molar-refractivity contribution is 5.96. The molecule has 0 saturated heterocycles. The van der Waals surface area contributed by atoms with Gasteiger partial charge in [0.2, 0.25) is 5.88 Å². The number of Topliss-reactive ketones (excluding diaryl/α,β-unsaturated/α-hetero) is 1. The molecule has 1 aromatic heterocycles. The molecule has 0 aliphatic rings. The van der Waals surface area contributed by atoms with Crippen LogP contribution >= 0.6 is 0 Å². The molecule has 0 N–H and O–H groups in total. The Balaban J connectivity index is 3.15. The largest absolute Gasteiger partial charge is 0.496 e. The number of hydrogen-bond acceptors (Lipinski definition) is 4. The standard InChI is InChI=1S/C9H11NO3/c1-6(11)7-5-10-9(13-3)4-8(7)12-2/h4-5H,1-3H3. The van der Waals surface area contributed by atoms with E-state index in [9.17, 15) is 4.79 Å². The van der Waals surface area contributed by atoms with Gasteiger partial charge in [0.25, 0.3) is 0 Å². The highest BCUT2D eigenvalue weighted by Gasteiger charge is 2.09. The molecule has 0 aromatic carbocycles. The molecule has 0 unspecified atom stereocenters. The van der Waals surface area contributed by atoms with Gasteiger partial charge in [-0.05, 0) is 6.92 Å². The lowest BCUT2D eigenvalue weighted by Gasteiger charge is -2.06. The normalized spacial score (nSPS) is 9.46. The summed E-state index contributed by atoms with van der Waals surface area (Å²) >= 11 is 0. The van der Waals surface area contributed by atoms with E-state index in [1.807, 2.05) is 0 Å². The molecule has 70 valence electrons. The van der Waals surface area contributed by atoms with Gasteiger partial charge in [-0.25, -0.2) is 4.98 Å². The Bertz CT molecular complexity index is 323. The number of aromatic nitrogens is 1. The molecule has 0 fully saturated rings. The van der Waals surface area contributed by atoms with Gasteiger partial charge >= 0.3 is 0 Å². The average Bonchev–Trinajstić information content (AvgIpc) is 2.16. The Hall–Kier alpha value is -1.58. The van der Waals surface area contributed by atoms with Crippen LogP contribution in [0.25, 0.3) is 0 Å². The van der Waals surface area contributed by atoms with Crippen LogP contribution in [0.15, 0.2) is 12.3 Å². The van der Waals surface area contributed by atoms with Crippen molar-refractivity contribution in [1.82, 2.24) is 4.98 Å². The van der Waals surface area contributed by atoms with Crippen molar-refractivity contribution in [3.8, 4) is 11.6 Å². The first kappa shape index (κ1) is 9.51. The number of methoxy groups -OCH3 is 2. The van der Waals surface area contributed by atoms with Crippen molar-refractivity contribution in [2.45, 2.75) is 6.92 Å². The third-order valence-corrected chi connectivity index (χ3v) is 1.65. The lowest BCUT2D eigenvalue weighted by Crippen LogP contribution is -1.99. The Morgan fingerprint density at radius 1 is 1.38 bits per heavy atom. The SMILES string of the molecule is COc1cc(OC)c(C(C)=O)cn1. The number of carbonyl (C=O) groups is 1. The Morgan fingerprint density at radius 3 is 2.54 bits per heavy atom. The second-order valence-electron chi connectivity index (χ2n) is 2.48. The van der Waals surface area contributed by atoms with E-state index in [0.717, 1.165) is 0 Å². The molecule has 0 saturated carbocycles. The number of rotatable bonds is 3. The van der Waals surface area contributed by atoms with Gasteiger partial charge in [0, 0.05) is 12.3 Å². The van der Waals surface area contributed by atoms with Crippen LogP contribution in [0.2, 0.25) is 0 Å². The summed E-state index contributed by atoms with van der Waals surface area (Å²) in [6, 6.07) is 1.58. The van der Waals surface area contributed by atoms with Crippen molar-refractivity contribution in [3.63, 3.8) is 0 Å². The van der Waals surface area contributed by atoms with Gasteiger partial charge < -0.3 is 9.47 Å². The molecular formula is C9H11NO3. The topological polar surface area (TPSA) is 48.4 Å². The van der Waals surface area contributed by atoms with E-state index in [0.29, 0.717) is 17.2 Å². The maximum Gasteiger partial charge on any atom is 0.216 e. The average molecular weight is 181 g/mol. The summed E-state index contributed by atoms with van der Waals surface area (Å²) < 4.78 is 9.90. The summed E-state index contributed by atoms with van der Waals surface area (Å²) in [5.74, 6) is 0.841. The molecule has 4 nitrogen and oxygen atoms in total. The zero-order valence-electron chi connectivity index (χ0n) is 7.83. The van der Waals surface area contributed by atoms with Crippen LogP contribution in [0.5, 0.6) is 11.6 Å². The molecule has 1 aromatic rings. The predicted octanol–water partition coefficient (Wildman–Crippen LogP) is 1.30. The minimum atomic E-state index is -0.0768. The van der Waals surface area contributed by atoms with E-state index in [4.69, 9.17) is 9.47 Å². The highest BCUT2D eigenvalue weighted by Crippen LogP contribution is 2.21. The van der Waals surface area contributed by atoms with Crippen molar-refractivity contribution in [2.24, 2.45) is 0 Å². The van der Waals surface area contributed by atoms with Crippen LogP contribution in [0.1, 0.15) is 17.3 Å². The van der Waals surface area contributed by atoms with E-state index < -0.39 is 0 Å². The van der Waals surface area contributed by atoms with Gasteiger partial charge in [-0.2, -0.15) is 0 Å². The Morgan fingerprint density at radius 2 is 2.08 bits per heavy atom. The summed E-state index contributed by atoms with van der Waals surface area (Å²) in [5.41, 5.74) is 0.461. The van der Waals surface area contributed by atoms with Gasteiger partial charge in [-0.15, -0.1) is 0 Å². The minimum absolute atomic E-state index is 0.0768. The highest BCUT2D eigenvalue weighted by atomic mass is 16.5. The third-order valence-electron chi connectivity index (χ3n) is 1.65. The molecule has 0 aliphatic carbocycles. The van der Waals surface area contributed by atoms with Crippen LogP contribution in [-0.2, 0) is 0 Å². The summed E-state index contributed by atoms with van der Waals surface area (Å²) in [5, 5.41) is 0. The third kappa shape index (κ3) is 1.96. The fourth-order valence-corrected chi connectivity index (χ4v) is 0.964. The maximum absolute atomic E-state index is 11.1. The molecule has 0 bridgehead atoms. The van der Waals surface area contributed by atoms with E-state index >= 15 is 0 Å². The molecule has 0 atom stereocenters. The van der Waals surface area contributed by atoms with Crippen LogP contribution < -0.4 is 9.47 Å². The number of ether oxygens (including phenoxy) is 2. The minimum Gasteiger partial charge on any atom is -0.496 e. The number of nitrogens with zero attached hydrogens (tertiary/aromatic N) is 1. The van der Waals surface area contributed by atoms with Crippen molar-refractivity contribution in [2.75, 3.05) is 14.2 Å². The fraction of sp³-hybridized carbons (Fsp3) is 0.333. The second-order valence-corrected chi connectivity index (χ2v) is 2.48. The maximum atomic E-state index is 11.1. The lowest BCUT2D eigenvalue weighted by molar-refractivity contribution is 0.101. The van der Waals surface area contributed by atoms with Gasteiger partial charge in [0.05, 0.1) is 19.8 Å². The first-order valence-electron chi connectivity index (χ1n) is 3.78. The van der Waals surface area contributed by atoms with Crippen LogP contribution in [-0.4, -0.2) is 25.0 Å². The summed E-state index contributed by atoms with van der Waals surface area (Å²) in [6.07, 6.45) is 1.44. The number of pyridine rings is 1. The smallest absolute Gasteiger partial charge is 0.216 e. The number of carbonyl (C=O) groups excluding carboxylic acids is 1. The quantitative estimate of drug-likeness (QED) is 0.659. The van der Waals surface area contributed by atoms with E-state index in [1.54, 1.807) is 6.07 Å². The van der Waals surface area contributed by atoms with Crippen molar-refractivity contribution in [1.29, 1.82) is 0 Å². The lowest BCUT2D eigenvalue weighted by atomic mass is 10.2. The molecule has 4 heteroatoms. The van der Waals surface area contributed by atoms with Crippen LogP contribution in [0.3, 0.4) is 0 Å². The molecule has 1 heterocycles. The summed E-state index contributed by atoms with van der Waals surface area (Å²) in [6.45, 7) is 1.46. The van der Waals surface area contributed by atoms with Crippen LogP contribution in [0.4, 0.5) is 0 Å². The Kier molecular flexibility index (Phi) is 2.84. The first-order valence-corrected chi connectivity index (χ1v) is 3.78. The van der Waals surface area contributed by atoms with Gasteiger partial charge in [0.1, 0.15) is 5.75 Å². The van der Waals surface area contributed by atoms with Gasteiger partial charge in [-0.1, -0.05) is 0 Å². The molecule has 1 rings (SSSR count). The number of ketones is 1. The molecular weight excluding hydrogens is 170 g/mol. The van der Waals surface area contributed by atoms with Gasteiger partial charge in [0.15, 0.2) is 5.78 Å². The summed E-state index contributed by atoms with van der Waals surface area (Å²) in [7, 11) is 3.01. The zero-order valence-corrected chi connectivity index (χ0v) is 7.83. The second kappa shape index (κ2) is 3.89. The van der Waals surface area contributed by atoms with E-state index in [-0.39, 0.29) is 5.78 Å². The molecule has 0 amide bonds. The van der Waals surface area contributed by atoms with Crippen molar-refractivity contribution in [3.05, 3.63) is 17.8 Å². The monoisotopic (exact) mass is 181 g/mol. The summed E-state index contributed by atoms with van der Waals surface area (Å²) in [4.78, 5) is 15.0. The molecule has 13 heavy (non-hydrogen) atoms. The van der Waals surface area contributed by atoms with E-state index in [2.05, 4.69) is 4.98 Å². The van der Waals surface area contributed by atoms with Crippen molar-refractivity contribution >= 4 is 5.78 Å². The molecule has 0 spiro atoms. The van der Waals surface area contributed by atoms with E-state index in [1.165, 1.54) is 27.3 Å².